The minimum absolute atomic E-state index is 0.0614. The van der Waals surface area contributed by atoms with Gasteiger partial charge in [0.15, 0.2) is 0 Å². The van der Waals surface area contributed by atoms with Crippen LogP contribution in [0.4, 0.5) is 0 Å². The molecule has 0 aromatic carbocycles. The average molecular weight is 378 g/mol. The van der Waals surface area contributed by atoms with Crippen LogP contribution in [0.2, 0.25) is 0 Å². The van der Waals surface area contributed by atoms with E-state index in [2.05, 4.69) is 22.1 Å². The van der Waals surface area contributed by atoms with Crippen molar-refractivity contribution in [1.29, 1.82) is 0 Å². The van der Waals surface area contributed by atoms with Gasteiger partial charge in [0.25, 0.3) is 0 Å². The molecule has 1 unspecified atom stereocenters. The summed E-state index contributed by atoms with van der Waals surface area (Å²) in [6.07, 6.45) is 4.64. The second-order valence-corrected chi connectivity index (χ2v) is 7.70. The molecule has 1 aliphatic heterocycles. The molecule has 2 rings (SSSR count). The summed E-state index contributed by atoms with van der Waals surface area (Å²) in [5, 5.41) is 3.02. The minimum Gasteiger partial charge on any atom is -0.462 e. The van der Waals surface area contributed by atoms with Crippen LogP contribution >= 0.6 is 0 Å². The van der Waals surface area contributed by atoms with Crippen molar-refractivity contribution in [2.24, 2.45) is 5.92 Å². The maximum absolute atomic E-state index is 12.1. The van der Waals surface area contributed by atoms with Crippen LogP contribution < -0.4 is 5.32 Å². The van der Waals surface area contributed by atoms with E-state index in [1.165, 1.54) is 25.9 Å². The van der Waals surface area contributed by atoms with E-state index in [1.807, 2.05) is 13.8 Å². The fraction of sp³-hybridized carbons (Fsp3) is 0.714. The largest absolute Gasteiger partial charge is 0.462 e. The van der Waals surface area contributed by atoms with E-state index >= 15 is 0 Å². The number of hydrogen-bond donors (Lipinski definition) is 2. The Bertz CT molecular complexity index is 639. The van der Waals surface area contributed by atoms with Crippen molar-refractivity contribution < 1.29 is 14.3 Å². The predicted octanol–water partition coefficient (Wildman–Crippen LogP) is 2.98. The smallest absolute Gasteiger partial charge is 0.340 e. The molecule has 1 aliphatic rings. The number of rotatable bonds is 9. The topological polar surface area (TPSA) is 74.4 Å². The van der Waals surface area contributed by atoms with Gasteiger partial charge in [0.2, 0.25) is 5.91 Å². The Morgan fingerprint density at radius 1 is 1.33 bits per heavy atom. The molecule has 0 spiro atoms. The van der Waals surface area contributed by atoms with Gasteiger partial charge in [-0.05, 0) is 71.0 Å². The maximum atomic E-state index is 12.1. The summed E-state index contributed by atoms with van der Waals surface area (Å²) in [6.45, 7) is 12.4. The van der Waals surface area contributed by atoms with Crippen LogP contribution in [0.25, 0.3) is 0 Å². The number of aromatic nitrogens is 1. The van der Waals surface area contributed by atoms with Crippen molar-refractivity contribution in [2.45, 2.75) is 59.8 Å². The number of nitrogens with one attached hydrogen (secondary N) is 2. The van der Waals surface area contributed by atoms with Crippen molar-refractivity contribution in [1.82, 2.24) is 15.2 Å². The third-order valence-corrected chi connectivity index (χ3v) is 5.34. The van der Waals surface area contributed by atoms with E-state index in [0.717, 1.165) is 42.4 Å². The highest BCUT2D eigenvalue weighted by Crippen LogP contribution is 2.20. The van der Waals surface area contributed by atoms with Crippen molar-refractivity contribution in [2.75, 3.05) is 32.8 Å². The molecule has 6 heteroatoms. The first-order valence-electron chi connectivity index (χ1n) is 10.3. The van der Waals surface area contributed by atoms with E-state index in [4.69, 9.17) is 4.74 Å². The molecule has 1 atom stereocenters. The summed E-state index contributed by atoms with van der Waals surface area (Å²) in [4.78, 5) is 29.9. The van der Waals surface area contributed by atoms with Crippen LogP contribution in [0.15, 0.2) is 0 Å². The highest BCUT2D eigenvalue weighted by molar-refractivity contribution is 5.92. The molecular weight excluding hydrogens is 342 g/mol. The summed E-state index contributed by atoms with van der Waals surface area (Å²) < 4.78 is 5.11. The molecular formula is C21H35N3O3. The second-order valence-electron chi connectivity index (χ2n) is 7.70. The monoisotopic (exact) mass is 377 g/mol. The Hall–Kier alpha value is -1.82. The number of H-pyrrole nitrogens is 1. The first-order chi connectivity index (χ1) is 12.9. The molecule has 2 N–H and O–H groups in total. The van der Waals surface area contributed by atoms with Gasteiger partial charge in [-0.2, -0.15) is 0 Å². The molecule has 6 nitrogen and oxygen atoms in total. The number of likely N-dealkylation sites (tertiary alicyclic amines) is 1. The van der Waals surface area contributed by atoms with Gasteiger partial charge in [-0.25, -0.2) is 4.79 Å². The summed E-state index contributed by atoms with van der Waals surface area (Å²) in [5.74, 6) is 0.554. The highest BCUT2D eigenvalue weighted by Gasteiger charge is 2.19. The number of aryl methyl sites for hydroxylation is 2. The number of carbonyl (C=O) groups excluding carboxylic acids is 2. The zero-order valence-corrected chi connectivity index (χ0v) is 17.3. The van der Waals surface area contributed by atoms with Gasteiger partial charge >= 0.3 is 5.97 Å². The normalized spacial score (nSPS) is 17.7. The average Bonchev–Trinajstić information content (AvgIpc) is 2.91. The quantitative estimate of drug-likeness (QED) is 0.512. The van der Waals surface area contributed by atoms with Gasteiger partial charge in [0.05, 0.1) is 12.2 Å². The van der Waals surface area contributed by atoms with E-state index < -0.39 is 0 Å². The van der Waals surface area contributed by atoms with Crippen LogP contribution in [0.1, 0.15) is 66.8 Å². The maximum Gasteiger partial charge on any atom is 0.340 e. The molecule has 1 saturated heterocycles. The van der Waals surface area contributed by atoms with E-state index in [1.54, 1.807) is 6.92 Å². The van der Waals surface area contributed by atoms with Gasteiger partial charge in [-0.1, -0.05) is 6.92 Å². The lowest BCUT2D eigenvalue weighted by Gasteiger charge is -2.30. The molecule has 152 valence electrons. The number of ether oxygens (including phenoxy) is 1. The standard InChI is InChI=1S/C21H35N3O3/c1-5-27-21(26)20-16(3)18(23-17(20)4)9-10-19(25)22-11-7-13-24-12-6-8-15(2)14-24/h15,23H,5-14H2,1-4H3,(H,22,25). The minimum atomic E-state index is -0.300. The number of aromatic amines is 1. The predicted molar refractivity (Wildman–Crippen MR) is 107 cm³/mol. The highest BCUT2D eigenvalue weighted by atomic mass is 16.5. The van der Waals surface area contributed by atoms with Gasteiger partial charge in [0.1, 0.15) is 0 Å². The molecule has 0 radical (unpaired) electrons. The molecule has 0 bridgehead atoms. The second kappa shape index (κ2) is 10.5. The van der Waals surface area contributed by atoms with Crippen LogP contribution in [0.5, 0.6) is 0 Å². The summed E-state index contributed by atoms with van der Waals surface area (Å²) in [6, 6.07) is 0. The first kappa shape index (κ1) is 21.5. The lowest BCUT2D eigenvalue weighted by molar-refractivity contribution is -0.121. The fourth-order valence-corrected chi connectivity index (χ4v) is 3.92. The van der Waals surface area contributed by atoms with Crippen LogP contribution in [-0.2, 0) is 16.0 Å². The number of amides is 1. The zero-order valence-electron chi connectivity index (χ0n) is 17.3. The Morgan fingerprint density at radius 3 is 2.81 bits per heavy atom. The third kappa shape index (κ3) is 6.38. The molecule has 0 aliphatic carbocycles. The van der Waals surface area contributed by atoms with Crippen molar-refractivity contribution in [3.05, 3.63) is 22.5 Å². The van der Waals surface area contributed by atoms with Gasteiger partial charge in [0, 0.05) is 30.9 Å². The van der Waals surface area contributed by atoms with Gasteiger partial charge in [-0.15, -0.1) is 0 Å². The Labute approximate surface area is 163 Å². The number of nitrogens with zero attached hydrogens (tertiary/aromatic N) is 1. The van der Waals surface area contributed by atoms with Crippen LogP contribution in [0, 0.1) is 19.8 Å². The van der Waals surface area contributed by atoms with Crippen molar-refractivity contribution >= 4 is 11.9 Å². The zero-order chi connectivity index (χ0) is 19.8. The van der Waals surface area contributed by atoms with E-state index in [9.17, 15) is 9.59 Å². The molecule has 1 aromatic rings. The molecule has 1 fully saturated rings. The Kier molecular flexibility index (Phi) is 8.35. The fourth-order valence-electron chi connectivity index (χ4n) is 3.92. The number of carbonyl (C=O) groups is 2. The Morgan fingerprint density at radius 2 is 2.11 bits per heavy atom. The molecule has 1 aromatic heterocycles. The lowest BCUT2D eigenvalue weighted by atomic mass is 10.0. The van der Waals surface area contributed by atoms with E-state index in [-0.39, 0.29) is 11.9 Å². The first-order valence-corrected chi connectivity index (χ1v) is 10.3. The van der Waals surface area contributed by atoms with Crippen molar-refractivity contribution in [3.8, 4) is 0 Å². The van der Waals surface area contributed by atoms with Crippen molar-refractivity contribution in [3.63, 3.8) is 0 Å². The SMILES string of the molecule is CCOC(=O)c1c(C)[nH]c(CCC(=O)NCCCN2CCCC(C)C2)c1C. The third-order valence-electron chi connectivity index (χ3n) is 5.34. The number of piperidine rings is 1. The Balaban J connectivity index is 1.71. The number of esters is 1. The van der Waals surface area contributed by atoms with Gasteiger partial charge in [-0.3, -0.25) is 4.79 Å². The molecule has 2 heterocycles. The summed E-state index contributed by atoms with van der Waals surface area (Å²) in [7, 11) is 0. The van der Waals surface area contributed by atoms with Gasteiger partial charge < -0.3 is 19.9 Å². The van der Waals surface area contributed by atoms with Crippen LogP contribution in [-0.4, -0.2) is 54.5 Å². The summed E-state index contributed by atoms with van der Waals surface area (Å²) >= 11 is 0. The molecule has 27 heavy (non-hydrogen) atoms. The molecule has 0 saturated carbocycles. The molecule has 1 amide bonds. The van der Waals surface area contributed by atoms with Crippen LogP contribution in [0.3, 0.4) is 0 Å². The number of hydrogen-bond acceptors (Lipinski definition) is 4. The summed E-state index contributed by atoms with van der Waals surface area (Å²) in [5.41, 5.74) is 3.23. The lowest BCUT2D eigenvalue weighted by Crippen LogP contribution is -2.36. The van der Waals surface area contributed by atoms with E-state index in [0.29, 0.717) is 25.0 Å².